The van der Waals surface area contributed by atoms with Crippen molar-refractivity contribution in [2.24, 2.45) is 0 Å². The summed E-state index contributed by atoms with van der Waals surface area (Å²) in [5.74, 6) is 2.69. The number of fused-ring (bicyclic) bond motifs is 1. The van der Waals surface area contributed by atoms with Crippen molar-refractivity contribution >= 4 is 41.0 Å². The van der Waals surface area contributed by atoms with Gasteiger partial charge in [-0.25, -0.2) is 4.98 Å². The summed E-state index contributed by atoms with van der Waals surface area (Å²) in [5, 5.41) is 0.701. The number of hydrogen-bond donors (Lipinski definition) is 1. The summed E-state index contributed by atoms with van der Waals surface area (Å²) in [6, 6.07) is 12.9. The van der Waals surface area contributed by atoms with E-state index in [1.54, 1.807) is 33.3 Å². The SMILES string of the molecule is COc1cc2nc(N3CCN(C(=O)C(C)Oc4ccccc4)CC3)nc(N)c2cc1OC.Cl. The van der Waals surface area contributed by atoms with Gasteiger partial charge in [-0.1, -0.05) is 18.2 Å². The van der Waals surface area contributed by atoms with Crippen molar-refractivity contribution in [3.8, 4) is 17.2 Å². The molecule has 0 saturated carbocycles. The van der Waals surface area contributed by atoms with Crippen LogP contribution in [-0.2, 0) is 4.79 Å². The molecular weight excluding hydrogens is 446 g/mol. The molecule has 10 heteroatoms. The van der Waals surface area contributed by atoms with Crippen LogP contribution in [0.25, 0.3) is 10.9 Å². The third-order valence-electron chi connectivity index (χ3n) is 5.50. The Morgan fingerprint density at radius 2 is 1.64 bits per heavy atom. The molecule has 3 aromatic rings. The number of aromatic nitrogens is 2. The number of carbonyl (C=O) groups is 1. The van der Waals surface area contributed by atoms with Crippen molar-refractivity contribution < 1.29 is 19.0 Å². The number of carbonyl (C=O) groups excluding carboxylic acids is 1. The highest BCUT2D eigenvalue weighted by Crippen LogP contribution is 2.34. The van der Waals surface area contributed by atoms with Gasteiger partial charge in [0.05, 0.1) is 19.7 Å². The Morgan fingerprint density at radius 1 is 1.00 bits per heavy atom. The van der Waals surface area contributed by atoms with E-state index in [9.17, 15) is 4.79 Å². The molecule has 176 valence electrons. The molecule has 1 aliphatic heterocycles. The normalized spacial score (nSPS) is 14.4. The molecule has 0 spiro atoms. The maximum atomic E-state index is 12.8. The topological polar surface area (TPSA) is 103 Å². The van der Waals surface area contributed by atoms with E-state index in [4.69, 9.17) is 19.9 Å². The maximum Gasteiger partial charge on any atom is 0.263 e. The third-order valence-corrected chi connectivity index (χ3v) is 5.50. The lowest BCUT2D eigenvalue weighted by Gasteiger charge is -2.36. The van der Waals surface area contributed by atoms with Gasteiger partial charge in [0.1, 0.15) is 11.6 Å². The lowest BCUT2D eigenvalue weighted by Crippen LogP contribution is -2.52. The second-order valence-corrected chi connectivity index (χ2v) is 7.52. The first kappa shape index (κ1) is 24.2. The monoisotopic (exact) mass is 473 g/mol. The Kier molecular flexibility index (Phi) is 7.65. The highest BCUT2D eigenvalue weighted by molar-refractivity contribution is 5.91. The highest BCUT2D eigenvalue weighted by atomic mass is 35.5. The minimum Gasteiger partial charge on any atom is -0.493 e. The largest absolute Gasteiger partial charge is 0.493 e. The number of nitrogen functional groups attached to an aromatic ring is 1. The Labute approximate surface area is 198 Å². The molecule has 1 aliphatic rings. The predicted octanol–water partition coefficient (Wildman–Crippen LogP) is 2.77. The molecule has 0 bridgehead atoms. The number of piperazine rings is 1. The number of hydrogen-bond acceptors (Lipinski definition) is 8. The molecular formula is C23H28ClN5O4. The van der Waals surface area contributed by atoms with Gasteiger partial charge in [0.2, 0.25) is 5.95 Å². The standard InChI is InChI=1S/C23H27N5O4.ClH/c1-15(32-16-7-5-4-6-8-16)22(29)27-9-11-28(12-10-27)23-25-18-14-20(31-3)19(30-2)13-17(18)21(24)26-23;/h4-8,13-15H,9-12H2,1-3H3,(H2,24,25,26);1H. The average molecular weight is 474 g/mol. The zero-order chi connectivity index (χ0) is 22.7. The molecule has 4 rings (SSSR count). The zero-order valence-electron chi connectivity index (χ0n) is 18.9. The summed E-state index contributed by atoms with van der Waals surface area (Å²) < 4.78 is 16.5. The van der Waals surface area contributed by atoms with E-state index >= 15 is 0 Å². The fourth-order valence-corrected chi connectivity index (χ4v) is 3.75. The zero-order valence-corrected chi connectivity index (χ0v) is 19.7. The molecule has 2 N–H and O–H groups in total. The van der Waals surface area contributed by atoms with E-state index < -0.39 is 6.10 Å². The summed E-state index contributed by atoms with van der Waals surface area (Å²) in [4.78, 5) is 25.8. The van der Waals surface area contributed by atoms with Gasteiger partial charge in [-0.3, -0.25) is 4.79 Å². The Hall–Kier alpha value is -3.46. The molecule has 1 atom stereocenters. The van der Waals surface area contributed by atoms with Crippen LogP contribution in [0.15, 0.2) is 42.5 Å². The first-order valence-corrected chi connectivity index (χ1v) is 10.4. The molecule has 1 amide bonds. The second-order valence-electron chi connectivity index (χ2n) is 7.52. The van der Waals surface area contributed by atoms with Crippen LogP contribution >= 0.6 is 12.4 Å². The second kappa shape index (κ2) is 10.4. The fraction of sp³-hybridized carbons (Fsp3) is 0.348. The van der Waals surface area contributed by atoms with Crippen molar-refractivity contribution in [2.45, 2.75) is 13.0 Å². The van der Waals surface area contributed by atoms with Crippen LogP contribution in [0, 0.1) is 0 Å². The van der Waals surface area contributed by atoms with Gasteiger partial charge in [-0.05, 0) is 25.1 Å². The minimum atomic E-state index is -0.557. The van der Waals surface area contributed by atoms with Gasteiger partial charge in [0.15, 0.2) is 17.6 Å². The number of para-hydroxylation sites is 1. The summed E-state index contributed by atoms with van der Waals surface area (Å²) in [7, 11) is 3.15. The molecule has 0 aliphatic carbocycles. The van der Waals surface area contributed by atoms with Crippen molar-refractivity contribution in [1.29, 1.82) is 0 Å². The predicted molar refractivity (Wildman–Crippen MR) is 130 cm³/mol. The van der Waals surface area contributed by atoms with Gasteiger partial charge >= 0.3 is 0 Å². The number of methoxy groups -OCH3 is 2. The highest BCUT2D eigenvalue weighted by Gasteiger charge is 2.27. The van der Waals surface area contributed by atoms with Crippen LogP contribution in [-0.4, -0.2) is 67.3 Å². The molecule has 1 fully saturated rings. The summed E-state index contributed by atoms with van der Waals surface area (Å²) in [6.07, 6.45) is -0.557. The van der Waals surface area contributed by atoms with Crippen molar-refractivity contribution in [3.63, 3.8) is 0 Å². The number of nitrogens with zero attached hydrogens (tertiary/aromatic N) is 4. The van der Waals surface area contributed by atoms with Crippen LogP contribution in [0.4, 0.5) is 11.8 Å². The molecule has 1 unspecified atom stereocenters. The van der Waals surface area contributed by atoms with E-state index in [0.717, 1.165) is 0 Å². The molecule has 2 heterocycles. The van der Waals surface area contributed by atoms with Crippen LogP contribution in [0.3, 0.4) is 0 Å². The lowest BCUT2D eigenvalue weighted by atomic mass is 10.2. The molecule has 0 radical (unpaired) electrons. The molecule has 9 nitrogen and oxygen atoms in total. The number of ether oxygens (including phenoxy) is 3. The van der Waals surface area contributed by atoms with Gasteiger partial charge in [0.25, 0.3) is 5.91 Å². The van der Waals surface area contributed by atoms with E-state index in [2.05, 4.69) is 9.97 Å². The van der Waals surface area contributed by atoms with E-state index in [-0.39, 0.29) is 18.3 Å². The van der Waals surface area contributed by atoms with Gasteiger partial charge in [-0.2, -0.15) is 4.98 Å². The minimum absolute atomic E-state index is 0. The Bertz CT molecular complexity index is 1110. The lowest BCUT2D eigenvalue weighted by molar-refractivity contribution is -0.138. The van der Waals surface area contributed by atoms with Crippen LogP contribution < -0.4 is 24.8 Å². The number of anilines is 2. The summed E-state index contributed by atoms with van der Waals surface area (Å²) in [5.41, 5.74) is 6.89. The number of halogens is 1. The van der Waals surface area contributed by atoms with E-state index in [0.29, 0.717) is 66.1 Å². The van der Waals surface area contributed by atoms with Crippen LogP contribution in [0.1, 0.15) is 6.92 Å². The smallest absolute Gasteiger partial charge is 0.263 e. The number of amides is 1. The summed E-state index contributed by atoms with van der Waals surface area (Å²) in [6.45, 7) is 4.07. The molecule has 33 heavy (non-hydrogen) atoms. The maximum absolute atomic E-state index is 12.8. The van der Waals surface area contributed by atoms with Gasteiger partial charge in [0, 0.05) is 37.6 Å². The average Bonchev–Trinajstić information content (AvgIpc) is 2.83. The van der Waals surface area contributed by atoms with Crippen molar-refractivity contribution in [2.75, 3.05) is 51.0 Å². The first-order valence-electron chi connectivity index (χ1n) is 10.4. The number of rotatable bonds is 6. The van der Waals surface area contributed by atoms with Crippen LogP contribution in [0.2, 0.25) is 0 Å². The fourth-order valence-electron chi connectivity index (χ4n) is 3.75. The Balaban J connectivity index is 0.00000306. The molecule has 2 aromatic carbocycles. The van der Waals surface area contributed by atoms with Gasteiger partial charge < -0.3 is 29.7 Å². The first-order chi connectivity index (χ1) is 15.5. The van der Waals surface area contributed by atoms with Crippen molar-refractivity contribution in [1.82, 2.24) is 14.9 Å². The molecule has 1 saturated heterocycles. The summed E-state index contributed by atoms with van der Waals surface area (Å²) >= 11 is 0. The number of benzene rings is 2. The van der Waals surface area contributed by atoms with Gasteiger partial charge in [-0.15, -0.1) is 12.4 Å². The van der Waals surface area contributed by atoms with Crippen molar-refractivity contribution in [3.05, 3.63) is 42.5 Å². The quantitative estimate of drug-likeness (QED) is 0.583. The Morgan fingerprint density at radius 3 is 2.27 bits per heavy atom. The number of nitrogens with two attached hydrogens (primary N) is 1. The third kappa shape index (κ3) is 5.14. The van der Waals surface area contributed by atoms with E-state index in [1.807, 2.05) is 40.1 Å². The van der Waals surface area contributed by atoms with E-state index in [1.165, 1.54) is 0 Å². The van der Waals surface area contributed by atoms with Crippen LogP contribution in [0.5, 0.6) is 17.2 Å². The molecule has 1 aromatic heterocycles.